The number of nitrogens with two attached hydrogens (primary N) is 2. The van der Waals surface area contributed by atoms with Crippen LogP contribution in [0.25, 0.3) is 33.1 Å². The topological polar surface area (TPSA) is 122 Å². The van der Waals surface area contributed by atoms with Crippen molar-refractivity contribution in [2.45, 2.75) is 37.9 Å². The maximum absolute atomic E-state index is 13.6. The van der Waals surface area contributed by atoms with Gasteiger partial charge in [-0.1, -0.05) is 0 Å². The van der Waals surface area contributed by atoms with E-state index in [1.54, 1.807) is 6.20 Å². The summed E-state index contributed by atoms with van der Waals surface area (Å²) < 4.78 is 40.7. The van der Waals surface area contributed by atoms with Crippen LogP contribution in [-0.2, 0) is 19.0 Å². The quantitative estimate of drug-likeness (QED) is 0.409. The summed E-state index contributed by atoms with van der Waals surface area (Å²) in [6, 6.07) is 1.34. The van der Waals surface area contributed by atoms with Crippen molar-refractivity contribution in [2.24, 2.45) is 11.5 Å². The van der Waals surface area contributed by atoms with Crippen LogP contribution in [-0.4, -0.2) is 31.9 Å². The number of aromatic amines is 2. The van der Waals surface area contributed by atoms with Crippen molar-refractivity contribution in [3.8, 4) is 11.3 Å². The maximum Gasteiger partial charge on any atom is 0.435 e. The molecule has 3 aromatic heterocycles. The molecule has 10 heteroatoms. The molecule has 0 bridgehead atoms. The van der Waals surface area contributed by atoms with Crippen LogP contribution in [0.15, 0.2) is 18.5 Å². The van der Waals surface area contributed by atoms with E-state index in [-0.39, 0.29) is 12.1 Å². The van der Waals surface area contributed by atoms with Crippen molar-refractivity contribution < 1.29 is 13.2 Å². The fourth-order valence-corrected chi connectivity index (χ4v) is 4.47. The first-order valence-corrected chi connectivity index (χ1v) is 9.78. The molecule has 0 radical (unpaired) electrons. The highest BCUT2D eigenvalue weighted by molar-refractivity contribution is 6.09. The minimum atomic E-state index is -4.58. The van der Waals surface area contributed by atoms with Crippen LogP contribution in [0.1, 0.15) is 41.3 Å². The van der Waals surface area contributed by atoms with Crippen LogP contribution < -0.4 is 11.5 Å². The van der Waals surface area contributed by atoms with Crippen molar-refractivity contribution in [3.63, 3.8) is 0 Å². The first-order valence-electron chi connectivity index (χ1n) is 9.78. The lowest BCUT2D eigenvalue weighted by atomic mass is 9.84. The monoisotopic (exact) mass is 415 g/mol. The Balaban J connectivity index is 1.92. The SMILES string of the molecule is NCC(N)c1cc2[nH]ncc2c2c3c(c(-c4c[nH]nc4C(F)(F)F)nc12)CCCC3. The van der Waals surface area contributed by atoms with Gasteiger partial charge in [-0.25, -0.2) is 4.98 Å². The summed E-state index contributed by atoms with van der Waals surface area (Å²) in [6.45, 7) is 0.183. The minimum absolute atomic E-state index is 0.0397. The lowest BCUT2D eigenvalue weighted by Gasteiger charge is -2.24. The highest BCUT2D eigenvalue weighted by Crippen LogP contribution is 2.42. The molecular formula is C20H20F3N7. The number of nitrogens with one attached hydrogen (secondary N) is 2. The van der Waals surface area contributed by atoms with Gasteiger partial charge >= 0.3 is 6.18 Å². The van der Waals surface area contributed by atoms with E-state index < -0.39 is 17.9 Å². The Bertz CT molecular complexity index is 1250. The summed E-state index contributed by atoms with van der Waals surface area (Å²) in [5.41, 5.74) is 15.3. The third-order valence-electron chi connectivity index (χ3n) is 5.84. The normalized spacial score (nSPS) is 15.6. The molecule has 6 N–H and O–H groups in total. The van der Waals surface area contributed by atoms with Crippen molar-refractivity contribution >= 4 is 21.8 Å². The first-order chi connectivity index (χ1) is 14.4. The highest BCUT2D eigenvalue weighted by atomic mass is 19.4. The number of halogens is 3. The van der Waals surface area contributed by atoms with Crippen molar-refractivity contribution in [1.29, 1.82) is 0 Å². The molecule has 4 aromatic rings. The summed E-state index contributed by atoms with van der Waals surface area (Å²) in [5, 5.41) is 14.7. The number of aromatic nitrogens is 5. The molecule has 30 heavy (non-hydrogen) atoms. The molecule has 0 spiro atoms. The number of hydrogen-bond acceptors (Lipinski definition) is 5. The fraction of sp³-hybridized carbons (Fsp3) is 0.350. The number of hydrogen-bond donors (Lipinski definition) is 4. The molecule has 3 heterocycles. The van der Waals surface area contributed by atoms with Gasteiger partial charge < -0.3 is 11.5 Å². The van der Waals surface area contributed by atoms with E-state index in [0.29, 0.717) is 23.2 Å². The third-order valence-corrected chi connectivity index (χ3v) is 5.84. The zero-order valence-electron chi connectivity index (χ0n) is 16.0. The number of pyridine rings is 1. The second-order valence-electron chi connectivity index (χ2n) is 7.63. The second kappa shape index (κ2) is 6.78. The molecule has 0 saturated heterocycles. The molecule has 156 valence electrons. The molecule has 1 atom stereocenters. The van der Waals surface area contributed by atoms with E-state index in [1.807, 2.05) is 6.07 Å². The van der Waals surface area contributed by atoms with Crippen LogP contribution in [0.5, 0.6) is 0 Å². The molecule has 0 aliphatic heterocycles. The van der Waals surface area contributed by atoms with E-state index in [4.69, 9.17) is 16.5 Å². The number of aryl methyl sites for hydroxylation is 1. The van der Waals surface area contributed by atoms with Crippen LogP contribution in [0.3, 0.4) is 0 Å². The molecular weight excluding hydrogens is 395 g/mol. The fourth-order valence-electron chi connectivity index (χ4n) is 4.47. The minimum Gasteiger partial charge on any atom is -0.329 e. The molecule has 1 aromatic carbocycles. The van der Waals surface area contributed by atoms with E-state index in [9.17, 15) is 13.2 Å². The van der Waals surface area contributed by atoms with Crippen LogP contribution in [0, 0.1) is 0 Å². The zero-order chi connectivity index (χ0) is 21.0. The van der Waals surface area contributed by atoms with Gasteiger partial charge in [-0.05, 0) is 48.4 Å². The van der Waals surface area contributed by atoms with Gasteiger partial charge in [0.2, 0.25) is 0 Å². The number of fused-ring (bicyclic) bond motifs is 5. The highest BCUT2D eigenvalue weighted by Gasteiger charge is 2.38. The van der Waals surface area contributed by atoms with Crippen LogP contribution in [0.2, 0.25) is 0 Å². The Morgan fingerprint density at radius 1 is 1.17 bits per heavy atom. The van der Waals surface area contributed by atoms with Gasteiger partial charge in [0.25, 0.3) is 0 Å². The van der Waals surface area contributed by atoms with Gasteiger partial charge in [-0.3, -0.25) is 10.2 Å². The van der Waals surface area contributed by atoms with E-state index >= 15 is 0 Å². The number of nitrogens with zero attached hydrogens (tertiary/aromatic N) is 3. The molecule has 0 saturated carbocycles. The van der Waals surface area contributed by atoms with Gasteiger partial charge in [-0.2, -0.15) is 23.4 Å². The van der Waals surface area contributed by atoms with Gasteiger partial charge in [0.15, 0.2) is 5.69 Å². The van der Waals surface area contributed by atoms with Crippen molar-refractivity contribution in [2.75, 3.05) is 6.54 Å². The van der Waals surface area contributed by atoms with Gasteiger partial charge in [-0.15, -0.1) is 0 Å². The average molecular weight is 415 g/mol. The van der Waals surface area contributed by atoms with Crippen LogP contribution in [0.4, 0.5) is 13.2 Å². The Morgan fingerprint density at radius 2 is 1.93 bits per heavy atom. The Morgan fingerprint density at radius 3 is 2.67 bits per heavy atom. The first kappa shape index (κ1) is 19.0. The summed E-state index contributed by atoms with van der Waals surface area (Å²) in [4.78, 5) is 4.77. The summed E-state index contributed by atoms with van der Waals surface area (Å²) in [5.74, 6) is 0. The van der Waals surface area contributed by atoms with E-state index in [2.05, 4.69) is 20.4 Å². The Labute approximate surface area is 169 Å². The van der Waals surface area contributed by atoms with Crippen LogP contribution >= 0.6 is 0 Å². The summed E-state index contributed by atoms with van der Waals surface area (Å²) in [6.07, 6.45) is 1.66. The predicted molar refractivity (Wildman–Crippen MR) is 107 cm³/mol. The molecule has 5 rings (SSSR count). The Hall–Kier alpha value is -2.98. The summed E-state index contributed by atoms with van der Waals surface area (Å²) in [7, 11) is 0. The van der Waals surface area contributed by atoms with Gasteiger partial charge in [0.1, 0.15) is 0 Å². The lowest BCUT2D eigenvalue weighted by molar-refractivity contribution is -0.140. The average Bonchev–Trinajstić information content (AvgIpc) is 3.40. The predicted octanol–water partition coefficient (Wildman–Crippen LogP) is 3.36. The van der Waals surface area contributed by atoms with Gasteiger partial charge in [0.05, 0.1) is 28.5 Å². The molecule has 1 aliphatic rings. The molecule has 0 fully saturated rings. The second-order valence-corrected chi connectivity index (χ2v) is 7.63. The van der Waals surface area contributed by atoms with E-state index in [1.165, 1.54) is 6.20 Å². The Kier molecular flexibility index (Phi) is 4.30. The number of rotatable bonds is 3. The standard InChI is InChI=1S/C20H20F3N7/c21-20(22,23)19-13(8-27-30-19)17-10-4-2-1-3-9(10)16-12-7-26-29-15(12)5-11(14(25)6-24)18(16)28-17/h5,7-8,14H,1-4,6,24-25H2,(H,26,29)(H,27,30). The number of H-pyrrole nitrogens is 2. The molecule has 1 aliphatic carbocycles. The van der Waals surface area contributed by atoms with E-state index in [0.717, 1.165) is 46.7 Å². The summed E-state index contributed by atoms with van der Waals surface area (Å²) >= 11 is 0. The zero-order valence-corrected chi connectivity index (χ0v) is 16.0. The molecule has 1 unspecified atom stereocenters. The molecule has 7 nitrogen and oxygen atoms in total. The lowest BCUT2D eigenvalue weighted by Crippen LogP contribution is -2.22. The maximum atomic E-state index is 13.6. The number of alkyl halides is 3. The van der Waals surface area contributed by atoms with Gasteiger partial charge in [0, 0.05) is 29.6 Å². The smallest absolute Gasteiger partial charge is 0.329 e. The molecule has 0 amide bonds. The van der Waals surface area contributed by atoms with Crippen molar-refractivity contribution in [1.82, 2.24) is 25.4 Å². The largest absolute Gasteiger partial charge is 0.435 e. The van der Waals surface area contributed by atoms with Crippen molar-refractivity contribution in [3.05, 3.63) is 40.8 Å². The number of benzene rings is 1. The third kappa shape index (κ3) is 2.78.